The second kappa shape index (κ2) is 7.22. The van der Waals surface area contributed by atoms with E-state index in [-0.39, 0.29) is 5.75 Å². The van der Waals surface area contributed by atoms with Crippen LogP contribution in [0, 0.1) is 0 Å². The summed E-state index contributed by atoms with van der Waals surface area (Å²) in [6, 6.07) is 23.4. The average molecular weight is 318 g/mol. The summed E-state index contributed by atoms with van der Waals surface area (Å²) in [6.07, 6.45) is 2.04. The topological polar surface area (TPSA) is 40.5 Å². The number of phenols is 2. The van der Waals surface area contributed by atoms with E-state index in [0.29, 0.717) is 11.7 Å². The maximum absolute atomic E-state index is 9.44. The van der Waals surface area contributed by atoms with E-state index in [1.165, 1.54) is 11.1 Å². The zero-order valence-electron chi connectivity index (χ0n) is 13.8. The van der Waals surface area contributed by atoms with Gasteiger partial charge in [0.1, 0.15) is 11.5 Å². The number of phenolic OH excluding ortho intramolecular Hbond substituents is 2. The van der Waals surface area contributed by atoms with Crippen molar-refractivity contribution in [2.24, 2.45) is 0 Å². The predicted molar refractivity (Wildman–Crippen MR) is 98.4 cm³/mol. The van der Waals surface area contributed by atoms with Crippen LogP contribution < -0.4 is 0 Å². The van der Waals surface area contributed by atoms with Gasteiger partial charge in [0.05, 0.1) is 0 Å². The lowest BCUT2D eigenvalue weighted by atomic mass is 9.89. The summed E-state index contributed by atoms with van der Waals surface area (Å²) < 4.78 is 0. The van der Waals surface area contributed by atoms with Crippen LogP contribution in [0.5, 0.6) is 11.5 Å². The summed E-state index contributed by atoms with van der Waals surface area (Å²) in [5.74, 6) is 1.05. The van der Waals surface area contributed by atoms with Crippen molar-refractivity contribution in [3.63, 3.8) is 0 Å². The highest BCUT2D eigenvalue weighted by molar-refractivity contribution is 5.64. The minimum absolute atomic E-state index is 0.287. The molecule has 0 heterocycles. The van der Waals surface area contributed by atoms with E-state index in [0.717, 1.165) is 24.0 Å². The summed E-state index contributed by atoms with van der Waals surface area (Å²) in [6.45, 7) is 2.20. The highest BCUT2D eigenvalue weighted by atomic mass is 16.3. The van der Waals surface area contributed by atoms with Gasteiger partial charge in [-0.05, 0) is 65.3 Å². The van der Waals surface area contributed by atoms with Gasteiger partial charge in [-0.2, -0.15) is 0 Å². The molecule has 2 heteroatoms. The molecule has 0 radical (unpaired) electrons. The number of benzene rings is 3. The summed E-state index contributed by atoms with van der Waals surface area (Å²) >= 11 is 0. The van der Waals surface area contributed by atoms with E-state index in [4.69, 9.17) is 0 Å². The van der Waals surface area contributed by atoms with Gasteiger partial charge in [-0.25, -0.2) is 0 Å². The van der Waals surface area contributed by atoms with Crippen LogP contribution in [0.25, 0.3) is 11.1 Å². The molecule has 0 saturated carbocycles. The van der Waals surface area contributed by atoms with Crippen molar-refractivity contribution in [1.29, 1.82) is 0 Å². The minimum Gasteiger partial charge on any atom is -0.508 e. The van der Waals surface area contributed by atoms with Gasteiger partial charge >= 0.3 is 0 Å². The maximum atomic E-state index is 9.44. The lowest BCUT2D eigenvalue weighted by Crippen LogP contribution is -2.01. The van der Waals surface area contributed by atoms with Crippen molar-refractivity contribution in [2.75, 3.05) is 0 Å². The SMILES string of the molecule is CC[C@H](Cc1ccc(-c2ccc(O)cc2)cc1)c1ccc(O)cc1. The summed E-state index contributed by atoms with van der Waals surface area (Å²) in [5, 5.41) is 18.8. The lowest BCUT2D eigenvalue weighted by molar-refractivity contribution is 0.474. The monoisotopic (exact) mass is 318 g/mol. The molecule has 0 aliphatic heterocycles. The first-order valence-electron chi connectivity index (χ1n) is 8.33. The molecule has 1 atom stereocenters. The number of hydrogen-bond acceptors (Lipinski definition) is 2. The first kappa shape index (κ1) is 16.1. The van der Waals surface area contributed by atoms with Crippen molar-refractivity contribution in [1.82, 2.24) is 0 Å². The maximum Gasteiger partial charge on any atom is 0.115 e. The van der Waals surface area contributed by atoms with Crippen LogP contribution in [0.4, 0.5) is 0 Å². The first-order valence-corrected chi connectivity index (χ1v) is 8.33. The van der Waals surface area contributed by atoms with Crippen molar-refractivity contribution in [3.8, 4) is 22.6 Å². The second-order valence-corrected chi connectivity index (χ2v) is 6.14. The Labute approximate surface area is 143 Å². The molecule has 3 aromatic rings. The molecule has 0 spiro atoms. The third kappa shape index (κ3) is 3.77. The van der Waals surface area contributed by atoms with Crippen molar-refractivity contribution in [2.45, 2.75) is 25.7 Å². The van der Waals surface area contributed by atoms with Crippen LogP contribution in [0.2, 0.25) is 0 Å². The van der Waals surface area contributed by atoms with E-state index >= 15 is 0 Å². The molecule has 3 aromatic carbocycles. The molecule has 2 nitrogen and oxygen atoms in total. The normalized spacial score (nSPS) is 12.0. The van der Waals surface area contributed by atoms with E-state index in [1.807, 2.05) is 24.3 Å². The van der Waals surface area contributed by atoms with Crippen LogP contribution in [-0.2, 0) is 6.42 Å². The van der Waals surface area contributed by atoms with Gasteiger partial charge in [0.25, 0.3) is 0 Å². The standard InChI is InChI=1S/C22H22O2/c1-2-17(18-7-11-21(23)12-8-18)15-16-3-5-19(6-4-16)20-9-13-22(24)14-10-20/h3-14,17,23-24H,2,15H2,1H3/t17-/m1/s1. The largest absolute Gasteiger partial charge is 0.508 e. The van der Waals surface area contributed by atoms with Crippen LogP contribution in [0.1, 0.15) is 30.4 Å². The summed E-state index contributed by atoms with van der Waals surface area (Å²) in [4.78, 5) is 0. The van der Waals surface area contributed by atoms with Crippen molar-refractivity contribution in [3.05, 3.63) is 83.9 Å². The minimum atomic E-state index is 0.287. The Morgan fingerprint density at radius 3 is 1.62 bits per heavy atom. The zero-order valence-corrected chi connectivity index (χ0v) is 13.8. The summed E-state index contributed by atoms with van der Waals surface area (Å²) in [5.41, 5.74) is 4.82. The van der Waals surface area contributed by atoms with Gasteiger partial charge in [0, 0.05) is 0 Å². The molecule has 0 aromatic heterocycles. The quantitative estimate of drug-likeness (QED) is 0.652. The smallest absolute Gasteiger partial charge is 0.115 e. The number of hydrogen-bond donors (Lipinski definition) is 2. The fraction of sp³-hybridized carbons (Fsp3) is 0.182. The Bertz CT molecular complexity index is 772. The van der Waals surface area contributed by atoms with E-state index in [2.05, 4.69) is 31.2 Å². The Morgan fingerprint density at radius 2 is 1.12 bits per heavy atom. The lowest BCUT2D eigenvalue weighted by Gasteiger charge is -2.16. The number of rotatable bonds is 5. The van der Waals surface area contributed by atoms with Gasteiger partial charge in [0.2, 0.25) is 0 Å². The molecule has 0 aliphatic carbocycles. The molecule has 122 valence electrons. The van der Waals surface area contributed by atoms with Gasteiger partial charge in [-0.15, -0.1) is 0 Å². The molecule has 0 fully saturated rings. The zero-order chi connectivity index (χ0) is 16.9. The molecule has 2 N–H and O–H groups in total. The number of aromatic hydroxyl groups is 2. The fourth-order valence-electron chi connectivity index (χ4n) is 3.02. The van der Waals surface area contributed by atoms with E-state index < -0.39 is 0 Å². The van der Waals surface area contributed by atoms with Crippen LogP contribution >= 0.6 is 0 Å². The Balaban J connectivity index is 1.75. The third-order valence-corrected chi connectivity index (χ3v) is 4.49. The molecule has 0 amide bonds. The second-order valence-electron chi connectivity index (χ2n) is 6.14. The molecule has 0 aliphatic rings. The van der Waals surface area contributed by atoms with Crippen LogP contribution in [-0.4, -0.2) is 10.2 Å². The first-order chi connectivity index (χ1) is 11.7. The van der Waals surface area contributed by atoms with Gasteiger partial charge in [0.15, 0.2) is 0 Å². The van der Waals surface area contributed by atoms with Gasteiger partial charge < -0.3 is 10.2 Å². The predicted octanol–water partition coefficient (Wildman–Crippen LogP) is 5.50. The summed E-state index contributed by atoms with van der Waals surface area (Å²) in [7, 11) is 0. The molecule has 0 bridgehead atoms. The van der Waals surface area contributed by atoms with E-state index in [9.17, 15) is 10.2 Å². The molecule has 24 heavy (non-hydrogen) atoms. The Hall–Kier alpha value is -2.74. The molecule has 0 unspecified atom stereocenters. The fourth-order valence-corrected chi connectivity index (χ4v) is 3.02. The van der Waals surface area contributed by atoms with E-state index in [1.54, 1.807) is 24.3 Å². The Morgan fingerprint density at radius 1 is 0.667 bits per heavy atom. The highest BCUT2D eigenvalue weighted by Crippen LogP contribution is 2.27. The van der Waals surface area contributed by atoms with Crippen molar-refractivity contribution < 1.29 is 10.2 Å². The van der Waals surface area contributed by atoms with Gasteiger partial charge in [-0.1, -0.05) is 55.5 Å². The third-order valence-electron chi connectivity index (χ3n) is 4.49. The Kier molecular flexibility index (Phi) is 4.85. The van der Waals surface area contributed by atoms with Crippen LogP contribution in [0.15, 0.2) is 72.8 Å². The molecular formula is C22H22O2. The molecular weight excluding hydrogens is 296 g/mol. The average Bonchev–Trinajstić information content (AvgIpc) is 2.62. The highest BCUT2D eigenvalue weighted by Gasteiger charge is 2.10. The molecule has 3 rings (SSSR count). The van der Waals surface area contributed by atoms with Crippen LogP contribution in [0.3, 0.4) is 0 Å². The molecule has 0 saturated heterocycles. The van der Waals surface area contributed by atoms with Crippen molar-refractivity contribution >= 4 is 0 Å². The van der Waals surface area contributed by atoms with Gasteiger partial charge in [-0.3, -0.25) is 0 Å².